The number of hydrogen-bond acceptors (Lipinski definition) is 3. The fraction of sp³-hybridized carbons (Fsp3) is 0.917. The van der Waals surface area contributed by atoms with E-state index in [2.05, 4.69) is 6.92 Å². The van der Waals surface area contributed by atoms with Gasteiger partial charge in [0.05, 0.1) is 6.61 Å². The molecule has 3 nitrogen and oxygen atoms in total. The minimum absolute atomic E-state index is 0.189. The van der Waals surface area contributed by atoms with Crippen molar-refractivity contribution in [3.63, 3.8) is 0 Å². The van der Waals surface area contributed by atoms with Crippen LogP contribution in [0.4, 0.5) is 0 Å². The van der Waals surface area contributed by atoms with Gasteiger partial charge in [-0.15, -0.1) is 0 Å². The van der Waals surface area contributed by atoms with Gasteiger partial charge in [0.2, 0.25) is 0 Å². The van der Waals surface area contributed by atoms with E-state index in [1.54, 1.807) is 0 Å². The standard InChI is InChI=1S/C12H22O3/c1-5-7-8-9-12(10(13)14-6-2)11(3,4)15-12/h5-9H2,1-4H3/t12-/m0/s1. The fourth-order valence-electron chi connectivity index (χ4n) is 2.02. The van der Waals surface area contributed by atoms with Crippen molar-refractivity contribution in [3.8, 4) is 0 Å². The van der Waals surface area contributed by atoms with Crippen LogP contribution in [0, 0.1) is 0 Å². The summed E-state index contributed by atoms with van der Waals surface area (Å²) in [6.45, 7) is 8.31. The zero-order chi connectivity index (χ0) is 11.5. The lowest BCUT2D eigenvalue weighted by Crippen LogP contribution is -2.33. The zero-order valence-electron chi connectivity index (χ0n) is 10.3. The van der Waals surface area contributed by atoms with Gasteiger partial charge in [-0.2, -0.15) is 0 Å². The van der Waals surface area contributed by atoms with E-state index in [9.17, 15) is 4.79 Å². The Hall–Kier alpha value is -0.570. The lowest BCUT2D eigenvalue weighted by molar-refractivity contribution is -0.149. The third kappa shape index (κ3) is 2.33. The molecule has 1 aliphatic rings. The summed E-state index contributed by atoms with van der Waals surface area (Å²) in [6, 6.07) is 0. The van der Waals surface area contributed by atoms with Crippen LogP contribution in [0.5, 0.6) is 0 Å². The van der Waals surface area contributed by atoms with Crippen LogP contribution in [-0.2, 0) is 14.3 Å². The first-order valence-corrected chi connectivity index (χ1v) is 5.87. The molecule has 0 aromatic heterocycles. The predicted molar refractivity (Wildman–Crippen MR) is 58.7 cm³/mol. The number of epoxide rings is 1. The molecule has 0 bridgehead atoms. The number of hydrogen-bond donors (Lipinski definition) is 0. The van der Waals surface area contributed by atoms with E-state index in [0.717, 1.165) is 25.7 Å². The normalized spacial score (nSPS) is 27.5. The maximum absolute atomic E-state index is 11.8. The molecule has 1 saturated heterocycles. The van der Waals surface area contributed by atoms with Gasteiger partial charge in [-0.05, 0) is 33.6 Å². The molecular weight excluding hydrogens is 192 g/mol. The Kier molecular flexibility index (Phi) is 3.77. The van der Waals surface area contributed by atoms with Gasteiger partial charge < -0.3 is 9.47 Å². The third-order valence-electron chi connectivity index (χ3n) is 3.10. The van der Waals surface area contributed by atoms with Gasteiger partial charge >= 0.3 is 5.97 Å². The first-order chi connectivity index (χ1) is 7.00. The largest absolute Gasteiger partial charge is 0.464 e. The number of rotatable bonds is 6. The highest BCUT2D eigenvalue weighted by Gasteiger charge is 2.69. The van der Waals surface area contributed by atoms with Crippen molar-refractivity contribution in [1.29, 1.82) is 0 Å². The highest BCUT2D eigenvalue weighted by molar-refractivity contribution is 5.84. The Balaban J connectivity index is 2.54. The van der Waals surface area contributed by atoms with Gasteiger partial charge in [-0.3, -0.25) is 0 Å². The number of esters is 1. The molecule has 15 heavy (non-hydrogen) atoms. The van der Waals surface area contributed by atoms with Crippen LogP contribution in [-0.4, -0.2) is 23.8 Å². The first kappa shape index (κ1) is 12.5. The molecule has 0 unspecified atom stereocenters. The molecule has 0 aromatic carbocycles. The molecule has 1 fully saturated rings. The van der Waals surface area contributed by atoms with E-state index >= 15 is 0 Å². The van der Waals surface area contributed by atoms with Crippen LogP contribution in [0.25, 0.3) is 0 Å². The van der Waals surface area contributed by atoms with E-state index < -0.39 is 5.60 Å². The van der Waals surface area contributed by atoms with E-state index in [1.807, 2.05) is 20.8 Å². The van der Waals surface area contributed by atoms with Gasteiger partial charge in [0.15, 0.2) is 5.60 Å². The van der Waals surface area contributed by atoms with Gasteiger partial charge in [0.25, 0.3) is 0 Å². The molecule has 3 heteroatoms. The molecule has 1 rings (SSSR count). The van der Waals surface area contributed by atoms with Gasteiger partial charge in [-0.25, -0.2) is 4.79 Å². The highest BCUT2D eigenvalue weighted by atomic mass is 16.7. The summed E-state index contributed by atoms with van der Waals surface area (Å²) in [7, 11) is 0. The van der Waals surface area contributed by atoms with Crippen molar-refractivity contribution in [2.45, 2.75) is 64.6 Å². The summed E-state index contributed by atoms with van der Waals surface area (Å²) < 4.78 is 10.6. The van der Waals surface area contributed by atoms with E-state index in [4.69, 9.17) is 9.47 Å². The van der Waals surface area contributed by atoms with Gasteiger partial charge in [0.1, 0.15) is 5.60 Å². The van der Waals surface area contributed by atoms with Crippen molar-refractivity contribution < 1.29 is 14.3 Å². The minimum atomic E-state index is -0.655. The van der Waals surface area contributed by atoms with Crippen molar-refractivity contribution in [2.75, 3.05) is 6.61 Å². The molecule has 0 radical (unpaired) electrons. The Bertz CT molecular complexity index is 235. The summed E-state index contributed by atoms with van der Waals surface area (Å²) in [5.41, 5.74) is -0.995. The lowest BCUT2D eigenvalue weighted by Gasteiger charge is -2.13. The summed E-state index contributed by atoms with van der Waals surface area (Å²) in [6.07, 6.45) is 4.10. The van der Waals surface area contributed by atoms with Crippen molar-refractivity contribution in [2.24, 2.45) is 0 Å². The molecule has 0 N–H and O–H groups in total. The predicted octanol–water partition coefficient (Wildman–Crippen LogP) is 2.68. The average molecular weight is 214 g/mol. The van der Waals surface area contributed by atoms with Crippen LogP contribution in [0.15, 0.2) is 0 Å². The van der Waals surface area contributed by atoms with Crippen LogP contribution in [0.1, 0.15) is 53.4 Å². The summed E-state index contributed by atoms with van der Waals surface area (Å²) in [4.78, 5) is 11.8. The third-order valence-corrected chi connectivity index (χ3v) is 3.10. The lowest BCUT2D eigenvalue weighted by atomic mass is 9.90. The Morgan fingerprint density at radius 2 is 1.87 bits per heavy atom. The number of carbonyl (C=O) groups is 1. The SMILES string of the molecule is CCCCC[C@@]1(C(=O)OCC)OC1(C)C. The van der Waals surface area contributed by atoms with Crippen LogP contribution < -0.4 is 0 Å². The molecule has 0 aromatic rings. The second-order valence-electron chi connectivity index (χ2n) is 4.62. The Morgan fingerprint density at radius 1 is 1.27 bits per heavy atom. The quantitative estimate of drug-likeness (QED) is 0.387. The molecule has 1 heterocycles. The van der Waals surface area contributed by atoms with Crippen molar-refractivity contribution in [1.82, 2.24) is 0 Å². The number of carbonyl (C=O) groups excluding carboxylic acids is 1. The molecule has 88 valence electrons. The molecule has 0 spiro atoms. The second kappa shape index (κ2) is 4.52. The summed E-state index contributed by atoms with van der Waals surface area (Å²) in [5.74, 6) is -0.189. The molecule has 0 aliphatic carbocycles. The van der Waals surface area contributed by atoms with Gasteiger partial charge in [-0.1, -0.05) is 19.8 Å². The summed E-state index contributed by atoms with van der Waals surface area (Å²) in [5, 5.41) is 0. The Morgan fingerprint density at radius 3 is 2.27 bits per heavy atom. The number of ether oxygens (including phenoxy) is 2. The Labute approximate surface area is 92.1 Å². The van der Waals surface area contributed by atoms with E-state index in [1.165, 1.54) is 0 Å². The second-order valence-corrected chi connectivity index (χ2v) is 4.62. The topological polar surface area (TPSA) is 38.8 Å². The van der Waals surface area contributed by atoms with E-state index in [0.29, 0.717) is 6.61 Å². The van der Waals surface area contributed by atoms with Crippen LogP contribution >= 0.6 is 0 Å². The average Bonchev–Trinajstić information content (AvgIpc) is 2.71. The smallest absolute Gasteiger partial charge is 0.341 e. The monoisotopic (exact) mass is 214 g/mol. The highest BCUT2D eigenvalue weighted by Crippen LogP contribution is 2.51. The van der Waals surface area contributed by atoms with Crippen LogP contribution in [0.3, 0.4) is 0 Å². The molecule has 1 atom stereocenters. The maximum atomic E-state index is 11.8. The molecular formula is C12H22O3. The number of unbranched alkanes of at least 4 members (excludes halogenated alkanes) is 2. The van der Waals surface area contributed by atoms with Crippen molar-refractivity contribution in [3.05, 3.63) is 0 Å². The summed E-state index contributed by atoms with van der Waals surface area (Å²) >= 11 is 0. The first-order valence-electron chi connectivity index (χ1n) is 5.87. The van der Waals surface area contributed by atoms with Crippen molar-refractivity contribution >= 4 is 5.97 Å². The maximum Gasteiger partial charge on any atom is 0.341 e. The van der Waals surface area contributed by atoms with E-state index in [-0.39, 0.29) is 11.6 Å². The van der Waals surface area contributed by atoms with Crippen LogP contribution in [0.2, 0.25) is 0 Å². The van der Waals surface area contributed by atoms with Gasteiger partial charge in [0, 0.05) is 0 Å². The molecule has 0 saturated carbocycles. The molecule has 0 amide bonds. The molecule has 1 aliphatic heterocycles. The fourth-order valence-corrected chi connectivity index (χ4v) is 2.02. The minimum Gasteiger partial charge on any atom is -0.464 e. The zero-order valence-corrected chi connectivity index (χ0v) is 10.3.